The second-order valence-electron chi connectivity index (χ2n) is 2.88. The van der Waals surface area contributed by atoms with Crippen molar-refractivity contribution in [1.82, 2.24) is 0 Å². The first-order valence-electron chi connectivity index (χ1n) is 3.63. The van der Waals surface area contributed by atoms with Crippen LogP contribution in [0.3, 0.4) is 0 Å². The topological polar surface area (TPSA) is 0 Å². The molecule has 0 heterocycles. The highest BCUT2D eigenvalue weighted by molar-refractivity contribution is 4.99. The number of hydrogen-bond donors (Lipinski definition) is 0. The first-order valence-corrected chi connectivity index (χ1v) is 3.63. The third kappa shape index (κ3) is 2.57. The van der Waals surface area contributed by atoms with Crippen LogP contribution in [0, 0.1) is 0 Å². The summed E-state index contributed by atoms with van der Waals surface area (Å²) in [5.41, 5.74) is 0. The first kappa shape index (κ1) is 16.2. The van der Waals surface area contributed by atoms with Crippen LogP contribution in [-0.4, -0.2) is 36.8 Å². The van der Waals surface area contributed by atoms with Crippen molar-refractivity contribution in [1.29, 1.82) is 0 Å². The summed E-state index contributed by atoms with van der Waals surface area (Å²) in [7, 11) is 0. The zero-order valence-electron chi connectivity index (χ0n) is 7.39. The molecule has 104 valence electrons. The van der Waals surface area contributed by atoms with E-state index >= 15 is 0 Å². The Kier molecular flexibility index (Phi) is 4.28. The summed E-state index contributed by atoms with van der Waals surface area (Å²) in [4.78, 5) is 0. The van der Waals surface area contributed by atoms with Crippen LogP contribution in [0.5, 0.6) is 0 Å². The van der Waals surface area contributed by atoms with Crippen LogP contribution in [0.4, 0.5) is 48.3 Å². The summed E-state index contributed by atoms with van der Waals surface area (Å²) < 4.78 is 131. The van der Waals surface area contributed by atoms with E-state index in [2.05, 4.69) is 0 Å². The van der Waals surface area contributed by atoms with Gasteiger partial charge in [-0.15, -0.1) is 0 Å². The average Bonchev–Trinajstić information content (AvgIpc) is 2.15. The van der Waals surface area contributed by atoms with Gasteiger partial charge in [0.1, 0.15) is 0 Å². The Labute approximate surface area is 86.4 Å². The van der Waals surface area contributed by atoms with Crippen LogP contribution < -0.4 is 0 Å². The maximum atomic E-state index is 12.3. The summed E-state index contributed by atoms with van der Waals surface area (Å²) in [6.07, 6.45) is -15.7. The third-order valence-corrected chi connectivity index (χ3v) is 1.67. The van der Waals surface area contributed by atoms with Gasteiger partial charge in [0.2, 0.25) is 6.17 Å². The lowest BCUT2D eigenvalue weighted by Crippen LogP contribution is -2.59. The minimum atomic E-state index is -6.64. The lowest BCUT2D eigenvalue weighted by atomic mass is 10.0. The van der Waals surface area contributed by atoms with Gasteiger partial charge in [-0.3, -0.25) is 0 Å². The number of alkyl halides is 11. The molecule has 0 saturated heterocycles. The molecule has 0 aliphatic heterocycles. The van der Waals surface area contributed by atoms with Gasteiger partial charge in [-0.25, -0.2) is 22.0 Å². The lowest BCUT2D eigenvalue weighted by Gasteiger charge is -2.31. The van der Waals surface area contributed by atoms with Gasteiger partial charge in [0.05, 0.1) is 0 Å². The standard InChI is InChI=1S/C6H3F11/c7-1(4(12,13)2(8)9)5(14,15)6(16,17)3(10)11/h1-3H. The van der Waals surface area contributed by atoms with E-state index in [1.807, 2.05) is 0 Å². The highest BCUT2D eigenvalue weighted by Crippen LogP contribution is 2.48. The highest BCUT2D eigenvalue weighted by Gasteiger charge is 2.74. The second kappa shape index (κ2) is 4.48. The molecule has 0 fully saturated rings. The molecule has 0 amide bonds. The van der Waals surface area contributed by atoms with Gasteiger partial charge in [-0.05, 0) is 0 Å². The molecule has 0 aromatic rings. The maximum absolute atomic E-state index is 12.3. The van der Waals surface area contributed by atoms with E-state index in [0.717, 1.165) is 0 Å². The van der Waals surface area contributed by atoms with Crippen molar-refractivity contribution in [3.05, 3.63) is 0 Å². The van der Waals surface area contributed by atoms with Crippen molar-refractivity contribution in [3.8, 4) is 0 Å². The smallest absolute Gasteiger partial charge is 0.234 e. The third-order valence-electron chi connectivity index (χ3n) is 1.67. The summed E-state index contributed by atoms with van der Waals surface area (Å²) >= 11 is 0. The molecule has 0 saturated carbocycles. The molecule has 0 aliphatic rings. The molecule has 1 atom stereocenters. The molecule has 0 aromatic carbocycles. The highest BCUT2D eigenvalue weighted by atomic mass is 19.4. The molecule has 0 aliphatic carbocycles. The maximum Gasteiger partial charge on any atom is 0.372 e. The fourth-order valence-electron chi connectivity index (χ4n) is 0.667. The normalized spacial score (nSPS) is 16.8. The second-order valence-corrected chi connectivity index (χ2v) is 2.88. The molecule has 0 spiro atoms. The van der Waals surface area contributed by atoms with Crippen LogP contribution in [0.1, 0.15) is 0 Å². The van der Waals surface area contributed by atoms with E-state index in [0.29, 0.717) is 0 Å². The number of hydrogen-bond acceptors (Lipinski definition) is 0. The Morgan fingerprint density at radius 2 is 0.882 bits per heavy atom. The molecule has 11 heteroatoms. The van der Waals surface area contributed by atoms with Crippen molar-refractivity contribution in [2.75, 3.05) is 0 Å². The number of rotatable bonds is 5. The summed E-state index contributed by atoms with van der Waals surface area (Å²) in [5.74, 6) is -19.3. The SMILES string of the molecule is FC(F)C(F)(F)C(F)C(F)(F)C(F)(F)C(F)F. The molecule has 0 nitrogen and oxygen atoms in total. The molecule has 0 N–H and O–H groups in total. The van der Waals surface area contributed by atoms with Gasteiger partial charge in [0, 0.05) is 0 Å². The Morgan fingerprint density at radius 3 is 1.12 bits per heavy atom. The van der Waals surface area contributed by atoms with E-state index in [4.69, 9.17) is 0 Å². The molecular weight excluding hydrogens is 281 g/mol. The van der Waals surface area contributed by atoms with E-state index in [-0.39, 0.29) is 0 Å². The summed E-state index contributed by atoms with van der Waals surface area (Å²) in [6.45, 7) is 0. The van der Waals surface area contributed by atoms with E-state index in [1.54, 1.807) is 0 Å². The molecule has 1 unspecified atom stereocenters. The van der Waals surface area contributed by atoms with Crippen LogP contribution in [-0.2, 0) is 0 Å². The molecule has 0 rings (SSSR count). The molecule has 0 aromatic heterocycles. The fourth-order valence-corrected chi connectivity index (χ4v) is 0.667. The molecular formula is C6H3F11. The Morgan fingerprint density at radius 1 is 0.529 bits per heavy atom. The Hall–Kier alpha value is -0.770. The molecule has 17 heavy (non-hydrogen) atoms. The summed E-state index contributed by atoms with van der Waals surface area (Å²) in [5, 5.41) is 0. The monoisotopic (exact) mass is 284 g/mol. The van der Waals surface area contributed by atoms with Crippen LogP contribution in [0.2, 0.25) is 0 Å². The largest absolute Gasteiger partial charge is 0.372 e. The van der Waals surface area contributed by atoms with Crippen molar-refractivity contribution >= 4 is 0 Å². The fraction of sp³-hybridized carbons (Fsp3) is 1.00. The van der Waals surface area contributed by atoms with Gasteiger partial charge >= 0.3 is 30.6 Å². The van der Waals surface area contributed by atoms with Crippen molar-refractivity contribution in [2.24, 2.45) is 0 Å². The number of halogens is 11. The quantitative estimate of drug-likeness (QED) is 0.674. The summed E-state index contributed by atoms with van der Waals surface area (Å²) in [6, 6.07) is 0. The van der Waals surface area contributed by atoms with Crippen LogP contribution >= 0.6 is 0 Å². The predicted octanol–water partition coefficient (Wildman–Crippen LogP) is 3.76. The zero-order valence-corrected chi connectivity index (χ0v) is 7.39. The molecule has 0 bridgehead atoms. The van der Waals surface area contributed by atoms with E-state index < -0.39 is 36.8 Å². The first-order chi connectivity index (χ1) is 7.29. The molecule has 0 radical (unpaired) electrons. The van der Waals surface area contributed by atoms with Gasteiger partial charge in [-0.1, -0.05) is 0 Å². The Bertz CT molecular complexity index is 257. The minimum Gasteiger partial charge on any atom is -0.234 e. The van der Waals surface area contributed by atoms with Crippen molar-refractivity contribution < 1.29 is 48.3 Å². The van der Waals surface area contributed by atoms with E-state index in [9.17, 15) is 48.3 Å². The minimum absolute atomic E-state index is 5.04. The van der Waals surface area contributed by atoms with E-state index in [1.165, 1.54) is 0 Å². The van der Waals surface area contributed by atoms with Gasteiger partial charge < -0.3 is 0 Å². The van der Waals surface area contributed by atoms with Gasteiger partial charge in [-0.2, -0.15) is 26.3 Å². The zero-order chi connectivity index (χ0) is 14.2. The van der Waals surface area contributed by atoms with Gasteiger partial charge in [0.25, 0.3) is 0 Å². The van der Waals surface area contributed by atoms with Crippen molar-refractivity contribution in [2.45, 2.75) is 36.8 Å². The van der Waals surface area contributed by atoms with Crippen molar-refractivity contribution in [3.63, 3.8) is 0 Å². The Balaban J connectivity index is 5.34. The average molecular weight is 284 g/mol. The lowest BCUT2D eigenvalue weighted by molar-refractivity contribution is -0.322. The van der Waals surface area contributed by atoms with Gasteiger partial charge in [0.15, 0.2) is 0 Å². The predicted molar refractivity (Wildman–Crippen MR) is 31.7 cm³/mol. The van der Waals surface area contributed by atoms with Crippen LogP contribution in [0.15, 0.2) is 0 Å². The van der Waals surface area contributed by atoms with Crippen LogP contribution in [0.25, 0.3) is 0 Å².